The summed E-state index contributed by atoms with van der Waals surface area (Å²) in [6.07, 6.45) is 5.36. The van der Waals surface area contributed by atoms with Crippen molar-refractivity contribution in [3.8, 4) is 11.1 Å². The summed E-state index contributed by atoms with van der Waals surface area (Å²) in [5, 5.41) is 8.38. The highest BCUT2D eigenvalue weighted by molar-refractivity contribution is 6.33. The van der Waals surface area contributed by atoms with Crippen molar-refractivity contribution in [3.05, 3.63) is 65.5 Å². The fourth-order valence-corrected chi connectivity index (χ4v) is 4.20. The second-order valence-corrected chi connectivity index (χ2v) is 8.08. The molecule has 1 fully saturated rings. The summed E-state index contributed by atoms with van der Waals surface area (Å²) in [5.74, 6) is 1.17. The molecule has 158 valence electrons. The summed E-state index contributed by atoms with van der Waals surface area (Å²) in [6.45, 7) is 3.78. The predicted octanol–water partition coefficient (Wildman–Crippen LogP) is 4.37. The Morgan fingerprint density at radius 2 is 1.94 bits per heavy atom. The maximum atomic E-state index is 13.5. The summed E-state index contributed by atoms with van der Waals surface area (Å²) < 4.78 is 15.2. The van der Waals surface area contributed by atoms with Crippen molar-refractivity contribution < 1.29 is 4.39 Å². The Morgan fingerprint density at radius 3 is 2.71 bits per heavy atom. The van der Waals surface area contributed by atoms with Gasteiger partial charge in [0.15, 0.2) is 5.65 Å². The molecule has 4 heterocycles. The third-order valence-electron chi connectivity index (χ3n) is 5.53. The van der Waals surface area contributed by atoms with Crippen LogP contribution in [0.2, 0.25) is 5.02 Å². The van der Waals surface area contributed by atoms with Crippen molar-refractivity contribution in [2.24, 2.45) is 0 Å². The van der Waals surface area contributed by atoms with Gasteiger partial charge in [-0.1, -0.05) is 11.6 Å². The van der Waals surface area contributed by atoms with Gasteiger partial charge in [-0.2, -0.15) is 4.98 Å². The van der Waals surface area contributed by atoms with Crippen LogP contribution in [-0.4, -0.2) is 43.7 Å². The molecule has 0 atom stereocenters. The number of aromatic nitrogens is 5. The minimum atomic E-state index is -0.368. The van der Waals surface area contributed by atoms with E-state index < -0.39 is 0 Å². The van der Waals surface area contributed by atoms with E-state index in [0.717, 1.165) is 48.6 Å². The lowest BCUT2D eigenvalue weighted by atomic mass is 10.1. The second-order valence-electron chi connectivity index (χ2n) is 7.67. The molecule has 0 radical (unpaired) electrons. The molecule has 1 aromatic carbocycles. The molecule has 4 aromatic rings. The molecule has 5 rings (SSSR count). The second kappa shape index (κ2) is 8.11. The van der Waals surface area contributed by atoms with Gasteiger partial charge in [-0.3, -0.25) is 0 Å². The Bertz CT molecular complexity index is 1230. The Balaban J connectivity index is 1.33. The van der Waals surface area contributed by atoms with E-state index in [4.69, 9.17) is 11.6 Å². The van der Waals surface area contributed by atoms with Crippen molar-refractivity contribution in [3.63, 3.8) is 0 Å². The molecule has 0 unspecified atom stereocenters. The van der Waals surface area contributed by atoms with Gasteiger partial charge in [0.25, 0.3) is 0 Å². The van der Waals surface area contributed by atoms with Crippen LogP contribution in [0.1, 0.15) is 18.5 Å². The largest absolute Gasteiger partial charge is 0.356 e. The van der Waals surface area contributed by atoms with Crippen molar-refractivity contribution >= 4 is 29.0 Å². The molecular formula is C22H21ClFN7. The van der Waals surface area contributed by atoms with E-state index in [1.165, 1.54) is 12.1 Å². The molecule has 9 heteroatoms. The monoisotopic (exact) mass is 437 g/mol. The summed E-state index contributed by atoms with van der Waals surface area (Å²) in [5.41, 5.74) is 3.17. The van der Waals surface area contributed by atoms with E-state index in [0.29, 0.717) is 16.6 Å². The molecule has 31 heavy (non-hydrogen) atoms. The molecule has 0 saturated carbocycles. The van der Waals surface area contributed by atoms with Crippen LogP contribution in [0.25, 0.3) is 16.8 Å². The van der Waals surface area contributed by atoms with Crippen molar-refractivity contribution in [1.82, 2.24) is 24.6 Å². The number of benzene rings is 1. The van der Waals surface area contributed by atoms with E-state index in [1.807, 2.05) is 31.3 Å². The number of pyridine rings is 1. The average molecular weight is 438 g/mol. The summed E-state index contributed by atoms with van der Waals surface area (Å²) in [6, 6.07) is 10.4. The first-order chi connectivity index (χ1) is 15.1. The van der Waals surface area contributed by atoms with Gasteiger partial charge < -0.3 is 10.2 Å². The normalized spacial score (nSPS) is 14.9. The van der Waals surface area contributed by atoms with Crippen LogP contribution in [0.3, 0.4) is 0 Å². The van der Waals surface area contributed by atoms with Crippen molar-refractivity contribution in [2.45, 2.75) is 25.8 Å². The Morgan fingerprint density at radius 1 is 1.10 bits per heavy atom. The molecule has 1 aliphatic heterocycles. The molecule has 3 aromatic heterocycles. The molecule has 0 spiro atoms. The van der Waals surface area contributed by atoms with Gasteiger partial charge in [0.05, 0.1) is 5.02 Å². The van der Waals surface area contributed by atoms with Gasteiger partial charge in [-0.25, -0.2) is 18.9 Å². The van der Waals surface area contributed by atoms with E-state index in [1.54, 1.807) is 16.9 Å². The first-order valence-electron chi connectivity index (χ1n) is 10.2. The fraction of sp³-hybridized carbons (Fsp3) is 0.273. The fourth-order valence-electron chi connectivity index (χ4n) is 3.93. The van der Waals surface area contributed by atoms with E-state index in [9.17, 15) is 4.39 Å². The number of nitrogens with one attached hydrogen (secondary N) is 1. The topological polar surface area (TPSA) is 71.2 Å². The molecule has 0 aliphatic carbocycles. The smallest absolute Gasteiger partial charge is 0.243 e. The van der Waals surface area contributed by atoms with Crippen LogP contribution in [0.15, 0.2) is 48.9 Å². The number of hydrogen-bond donors (Lipinski definition) is 1. The molecule has 1 aliphatic rings. The van der Waals surface area contributed by atoms with Gasteiger partial charge in [0, 0.05) is 48.2 Å². The quantitative estimate of drug-likeness (QED) is 0.511. The summed E-state index contributed by atoms with van der Waals surface area (Å²) in [4.78, 5) is 15.5. The molecular weight excluding hydrogens is 417 g/mol. The predicted molar refractivity (Wildman–Crippen MR) is 119 cm³/mol. The van der Waals surface area contributed by atoms with Crippen LogP contribution < -0.4 is 10.2 Å². The minimum Gasteiger partial charge on any atom is -0.356 e. The third kappa shape index (κ3) is 4.03. The molecule has 0 amide bonds. The van der Waals surface area contributed by atoms with E-state index in [2.05, 4.69) is 30.3 Å². The van der Waals surface area contributed by atoms with Crippen molar-refractivity contribution in [2.75, 3.05) is 23.3 Å². The van der Waals surface area contributed by atoms with Gasteiger partial charge in [0.2, 0.25) is 5.95 Å². The zero-order chi connectivity index (χ0) is 21.4. The van der Waals surface area contributed by atoms with Crippen LogP contribution in [0, 0.1) is 12.7 Å². The highest BCUT2D eigenvalue weighted by Crippen LogP contribution is 2.31. The number of fused-ring (bicyclic) bond motifs is 1. The number of aryl methyl sites for hydroxylation is 1. The number of nitrogens with zero attached hydrogens (tertiary/aromatic N) is 6. The number of piperidine rings is 1. The molecule has 1 N–H and O–H groups in total. The lowest BCUT2D eigenvalue weighted by Gasteiger charge is -2.32. The standard InChI is InChI=1S/C22H21ClFN7/c1-14-11-20(26-13-25-14)30-9-6-16(7-10-30)27-22-28-21-18(3-2-8-31(21)29-22)17-5-4-15(24)12-19(17)23/h2-5,8,11-13,16H,6-7,9-10H2,1H3,(H,27,29). The Labute approximate surface area is 183 Å². The molecule has 1 saturated heterocycles. The van der Waals surface area contributed by atoms with Crippen LogP contribution >= 0.6 is 11.6 Å². The number of rotatable bonds is 4. The van der Waals surface area contributed by atoms with Crippen molar-refractivity contribution in [1.29, 1.82) is 0 Å². The van der Waals surface area contributed by atoms with Gasteiger partial charge >= 0.3 is 0 Å². The SMILES string of the molecule is Cc1cc(N2CCC(Nc3nc4c(-c5ccc(F)cc5Cl)cccn4n3)CC2)ncn1. The number of anilines is 2. The van der Waals surface area contributed by atoms with Crippen LogP contribution in [0.4, 0.5) is 16.2 Å². The summed E-state index contributed by atoms with van der Waals surface area (Å²) >= 11 is 6.27. The maximum Gasteiger partial charge on any atom is 0.243 e. The molecule has 0 bridgehead atoms. The van der Waals surface area contributed by atoms with Gasteiger partial charge in [0.1, 0.15) is 18.0 Å². The number of hydrogen-bond acceptors (Lipinski definition) is 6. The lowest BCUT2D eigenvalue weighted by Crippen LogP contribution is -2.39. The summed E-state index contributed by atoms with van der Waals surface area (Å²) in [7, 11) is 0. The van der Waals surface area contributed by atoms with Crippen LogP contribution in [0.5, 0.6) is 0 Å². The molecule has 7 nitrogen and oxygen atoms in total. The van der Waals surface area contributed by atoms with E-state index >= 15 is 0 Å². The maximum absolute atomic E-state index is 13.5. The first kappa shape index (κ1) is 19.7. The Kier molecular flexibility index (Phi) is 5.15. The highest BCUT2D eigenvalue weighted by atomic mass is 35.5. The average Bonchev–Trinajstić information content (AvgIpc) is 3.17. The van der Waals surface area contributed by atoms with Gasteiger partial charge in [-0.15, -0.1) is 5.10 Å². The minimum absolute atomic E-state index is 0.273. The van der Waals surface area contributed by atoms with Crippen LogP contribution in [-0.2, 0) is 0 Å². The van der Waals surface area contributed by atoms with Gasteiger partial charge in [-0.05, 0) is 50.1 Å². The first-order valence-corrected chi connectivity index (χ1v) is 10.6. The Hall–Kier alpha value is -3.26. The van der Waals surface area contributed by atoms with E-state index in [-0.39, 0.29) is 11.9 Å². The zero-order valence-corrected chi connectivity index (χ0v) is 17.7. The third-order valence-corrected chi connectivity index (χ3v) is 5.84. The highest BCUT2D eigenvalue weighted by Gasteiger charge is 2.22. The zero-order valence-electron chi connectivity index (χ0n) is 17.0. The lowest BCUT2D eigenvalue weighted by molar-refractivity contribution is 0.520. The number of halogens is 2.